The molecule has 2 rings (SSSR count). The first-order valence-corrected chi connectivity index (χ1v) is 8.08. The zero-order chi connectivity index (χ0) is 16.5. The van der Waals surface area contributed by atoms with E-state index in [-0.39, 0.29) is 17.0 Å². The molecule has 118 valence electrons. The summed E-state index contributed by atoms with van der Waals surface area (Å²) in [6.07, 6.45) is -2.76. The minimum absolute atomic E-state index is 0.0750. The van der Waals surface area contributed by atoms with Crippen molar-refractivity contribution in [2.24, 2.45) is 0 Å². The number of sulfone groups is 1. The Kier molecular flexibility index (Phi) is 4.15. The van der Waals surface area contributed by atoms with Crippen molar-refractivity contribution >= 4 is 15.5 Å². The Labute approximate surface area is 125 Å². The highest BCUT2D eigenvalue weighted by Crippen LogP contribution is 2.33. The van der Waals surface area contributed by atoms with Gasteiger partial charge < -0.3 is 5.73 Å². The van der Waals surface area contributed by atoms with Crippen molar-refractivity contribution in [3.05, 3.63) is 53.3 Å². The van der Waals surface area contributed by atoms with Gasteiger partial charge in [-0.2, -0.15) is 13.2 Å². The Hall–Kier alpha value is -2.09. The first-order valence-electron chi connectivity index (χ1n) is 6.18. The molecule has 2 aromatic rings. The second-order valence-electron chi connectivity index (χ2n) is 4.82. The predicted octanol–water partition coefficient (Wildman–Crippen LogP) is 2.68. The SMILES string of the molecule is CS(=O)(=O)c1ccccc1Cc1cc(N)c(C(F)(F)F)cn1. The molecule has 0 aliphatic heterocycles. The first kappa shape index (κ1) is 16.3. The van der Waals surface area contributed by atoms with Crippen molar-refractivity contribution < 1.29 is 21.6 Å². The van der Waals surface area contributed by atoms with Gasteiger partial charge in [0.15, 0.2) is 9.84 Å². The van der Waals surface area contributed by atoms with E-state index in [1.54, 1.807) is 18.2 Å². The third-order valence-corrected chi connectivity index (χ3v) is 4.24. The van der Waals surface area contributed by atoms with Crippen molar-refractivity contribution in [1.29, 1.82) is 0 Å². The van der Waals surface area contributed by atoms with E-state index in [0.29, 0.717) is 11.8 Å². The molecule has 1 aromatic heterocycles. The Morgan fingerprint density at radius 2 is 1.86 bits per heavy atom. The Balaban J connectivity index is 2.40. The summed E-state index contributed by atoms with van der Waals surface area (Å²) < 4.78 is 61.3. The molecule has 0 atom stereocenters. The second kappa shape index (κ2) is 5.60. The highest BCUT2D eigenvalue weighted by molar-refractivity contribution is 7.90. The quantitative estimate of drug-likeness (QED) is 0.939. The summed E-state index contributed by atoms with van der Waals surface area (Å²) in [7, 11) is -3.43. The molecule has 8 heteroatoms. The van der Waals surface area contributed by atoms with E-state index in [1.165, 1.54) is 6.07 Å². The van der Waals surface area contributed by atoms with Crippen LogP contribution in [0.3, 0.4) is 0 Å². The number of hydrogen-bond acceptors (Lipinski definition) is 4. The molecule has 22 heavy (non-hydrogen) atoms. The lowest BCUT2D eigenvalue weighted by Gasteiger charge is -2.11. The molecule has 2 N–H and O–H groups in total. The zero-order valence-corrected chi connectivity index (χ0v) is 12.4. The molecule has 4 nitrogen and oxygen atoms in total. The van der Waals surface area contributed by atoms with E-state index in [4.69, 9.17) is 5.73 Å². The molecule has 0 saturated heterocycles. The van der Waals surface area contributed by atoms with Gasteiger partial charge in [-0.3, -0.25) is 4.98 Å². The van der Waals surface area contributed by atoms with Gasteiger partial charge in [0.05, 0.1) is 10.5 Å². The molecule has 0 aliphatic rings. The fourth-order valence-corrected chi connectivity index (χ4v) is 3.00. The molecule has 0 unspecified atom stereocenters. The van der Waals surface area contributed by atoms with E-state index in [0.717, 1.165) is 12.3 Å². The minimum Gasteiger partial charge on any atom is -0.398 e. The van der Waals surface area contributed by atoms with Crippen LogP contribution in [0.25, 0.3) is 0 Å². The number of alkyl halides is 3. The van der Waals surface area contributed by atoms with Gasteiger partial charge in [0, 0.05) is 30.3 Å². The maximum Gasteiger partial charge on any atom is 0.419 e. The fraction of sp³-hybridized carbons (Fsp3) is 0.214. The lowest BCUT2D eigenvalue weighted by molar-refractivity contribution is -0.137. The molecule has 0 amide bonds. The number of rotatable bonds is 3. The number of nitrogens with zero attached hydrogens (tertiary/aromatic N) is 1. The average Bonchev–Trinajstić information content (AvgIpc) is 2.36. The van der Waals surface area contributed by atoms with Crippen LogP contribution in [0.1, 0.15) is 16.8 Å². The molecule has 1 heterocycles. The minimum atomic E-state index is -4.57. The van der Waals surface area contributed by atoms with Crippen LogP contribution in [-0.4, -0.2) is 19.7 Å². The molecule has 0 spiro atoms. The van der Waals surface area contributed by atoms with Crippen LogP contribution in [0.2, 0.25) is 0 Å². The Morgan fingerprint density at radius 3 is 2.41 bits per heavy atom. The van der Waals surface area contributed by atoms with Crippen molar-refractivity contribution in [3.63, 3.8) is 0 Å². The maximum atomic E-state index is 12.6. The highest BCUT2D eigenvalue weighted by atomic mass is 32.2. The highest BCUT2D eigenvalue weighted by Gasteiger charge is 2.33. The second-order valence-corrected chi connectivity index (χ2v) is 6.80. The standard InChI is InChI=1S/C14H13F3N2O2S/c1-22(20,21)13-5-3-2-4-9(13)6-10-7-12(18)11(8-19-10)14(15,16)17/h2-5,7-8H,6H2,1H3,(H2,18,19). The number of nitrogen functional groups attached to an aromatic ring is 1. The molecule has 0 saturated carbocycles. The molecular formula is C14H13F3N2O2S. The zero-order valence-electron chi connectivity index (χ0n) is 11.6. The van der Waals surface area contributed by atoms with Crippen LogP contribution in [-0.2, 0) is 22.4 Å². The number of benzene rings is 1. The van der Waals surface area contributed by atoms with Crippen LogP contribution in [0.4, 0.5) is 18.9 Å². The number of halogens is 3. The summed E-state index contributed by atoms with van der Waals surface area (Å²) in [6, 6.07) is 7.37. The number of anilines is 1. The smallest absolute Gasteiger partial charge is 0.398 e. The summed E-state index contributed by atoms with van der Waals surface area (Å²) in [6.45, 7) is 0. The van der Waals surface area contributed by atoms with Crippen LogP contribution < -0.4 is 5.73 Å². The lowest BCUT2D eigenvalue weighted by Crippen LogP contribution is -2.11. The van der Waals surface area contributed by atoms with Gasteiger partial charge in [-0.15, -0.1) is 0 Å². The largest absolute Gasteiger partial charge is 0.419 e. The van der Waals surface area contributed by atoms with Gasteiger partial charge >= 0.3 is 6.18 Å². The number of hydrogen-bond donors (Lipinski definition) is 1. The third kappa shape index (κ3) is 3.56. The van der Waals surface area contributed by atoms with Crippen LogP contribution in [0.5, 0.6) is 0 Å². The van der Waals surface area contributed by atoms with Crippen molar-refractivity contribution in [1.82, 2.24) is 4.98 Å². The monoisotopic (exact) mass is 330 g/mol. The normalized spacial score (nSPS) is 12.4. The summed E-state index contributed by atoms with van der Waals surface area (Å²) >= 11 is 0. The van der Waals surface area contributed by atoms with Gasteiger partial charge in [0.25, 0.3) is 0 Å². The summed E-state index contributed by atoms with van der Waals surface area (Å²) in [4.78, 5) is 3.85. The Bertz CT molecular complexity index is 802. The average molecular weight is 330 g/mol. The fourth-order valence-electron chi connectivity index (χ4n) is 2.06. The van der Waals surface area contributed by atoms with E-state index in [2.05, 4.69) is 4.98 Å². The molecule has 0 aliphatic carbocycles. The topological polar surface area (TPSA) is 73.0 Å². The Morgan fingerprint density at radius 1 is 1.23 bits per heavy atom. The van der Waals surface area contributed by atoms with Crippen molar-refractivity contribution in [2.45, 2.75) is 17.5 Å². The molecule has 0 radical (unpaired) electrons. The van der Waals surface area contributed by atoms with E-state index in [9.17, 15) is 21.6 Å². The molecule has 0 fully saturated rings. The van der Waals surface area contributed by atoms with Gasteiger partial charge in [-0.25, -0.2) is 8.42 Å². The molecule has 1 aromatic carbocycles. The third-order valence-electron chi connectivity index (χ3n) is 3.04. The van der Waals surface area contributed by atoms with E-state index < -0.39 is 27.3 Å². The molecule has 0 bridgehead atoms. The van der Waals surface area contributed by atoms with Crippen LogP contribution in [0.15, 0.2) is 41.4 Å². The van der Waals surface area contributed by atoms with Gasteiger partial charge in [0.1, 0.15) is 0 Å². The van der Waals surface area contributed by atoms with E-state index in [1.807, 2.05) is 0 Å². The predicted molar refractivity (Wildman–Crippen MR) is 76.0 cm³/mol. The number of aromatic nitrogens is 1. The van der Waals surface area contributed by atoms with Crippen molar-refractivity contribution in [2.75, 3.05) is 12.0 Å². The van der Waals surface area contributed by atoms with Gasteiger partial charge in [0.2, 0.25) is 0 Å². The van der Waals surface area contributed by atoms with Crippen LogP contribution in [0, 0.1) is 0 Å². The number of nitrogens with two attached hydrogens (primary N) is 1. The van der Waals surface area contributed by atoms with Gasteiger partial charge in [-0.1, -0.05) is 18.2 Å². The maximum absolute atomic E-state index is 12.6. The lowest BCUT2D eigenvalue weighted by atomic mass is 10.1. The first-order chi connectivity index (χ1) is 10.1. The summed E-state index contributed by atoms with van der Waals surface area (Å²) in [5, 5.41) is 0. The summed E-state index contributed by atoms with van der Waals surface area (Å²) in [5.74, 6) is 0. The van der Waals surface area contributed by atoms with Crippen molar-refractivity contribution in [3.8, 4) is 0 Å². The van der Waals surface area contributed by atoms with Crippen LogP contribution >= 0.6 is 0 Å². The molecular weight excluding hydrogens is 317 g/mol. The van der Waals surface area contributed by atoms with Gasteiger partial charge in [-0.05, 0) is 17.7 Å². The summed E-state index contributed by atoms with van der Waals surface area (Å²) in [5.41, 5.74) is 4.68. The number of pyridine rings is 1. The van der Waals surface area contributed by atoms with E-state index >= 15 is 0 Å².